The van der Waals surface area contributed by atoms with Crippen molar-refractivity contribution in [1.29, 1.82) is 0 Å². The zero-order chi connectivity index (χ0) is 19.5. The lowest BCUT2D eigenvalue weighted by atomic mass is 10.1. The van der Waals surface area contributed by atoms with Crippen LogP contribution in [0, 0.1) is 6.92 Å². The number of aryl methyl sites for hydroxylation is 1. The zero-order valence-corrected chi connectivity index (χ0v) is 16.0. The number of nitrogens with one attached hydrogen (secondary N) is 2. The first-order valence-corrected chi connectivity index (χ1v) is 9.48. The molecule has 0 bridgehead atoms. The highest BCUT2D eigenvalue weighted by molar-refractivity contribution is 7.16. The summed E-state index contributed by atoms with van der Waals surface area (Å²) in [5.41, 5.74) is 6.65. The molecule has 138 valence electrons. The molecule has 0 aliphatic carbocycles. The number of carbonyl (C=O) groups excluding carboxylic acids is 1. The molecule has 1 aliphatic heterocycles. The summed E-state index contributed by atoms with van der Waals surface area (Å²) in [6.45, 7) is 5.62. The van der Waals surface area contributed by atoms with Gasteiger partial charge in [0.25, 0.3) is 5.91 Å². The molecule has 0 saturated carbocycles. The van der Waals surface area contributed by atoms with Crippen LogP contribution in [0.3, 0.4) is 0 Å². The van der Waals surface area contributed by atoms with Gasteiger partial charge in [0, 0.05) is 11.9 Å². The molecule has 0 unspecified atom stereocenters. The number of rotatable bonds is 4. The number of aromatic nitrogens is 1. The third-order valence-corrected chi connectivity index (χ3v) is 4.94. The number of hydrogen-bond acceptors (Lipinski definition) is 6. The average molecular weight is 387 g/mol. The van der Waals surface area contributed by atoms with Crippen LogP contribution in [0.15, 0.2) is 70.2 Å². The first kappa shape index (κ1) is 17.8. The van der Waals surface area contributed by atoms with Gasteiger partial charge in [0.15, 0.2) is 0 Å². The van der Waals surface area contributed by atoms with Gasteiger partial charge in [-0.3, -0.25) is 15.1 Å². The highest BCUT2D eigenvalue weighted by Crippen LogP contribution is 2.24. The molecule has 1 amide bonds. The minimum absolute atomic E-state index is 0.252. The van der Waals surface area contributed by atoms with Gasteiger partial charge < -0.3 is 5.32 Å². The number of anilines is 1. The number of nitrogens with zero attached hydrogens (tertiary/aromatic N) is 3. The Kier molecular flexibility index (Phi) is 4.82. The summed E-state index contributed by atoms with van der Waals surface area (Å²) >= 11 is 1.56. The lowest BCUT2D eigenvalue weighted by molar-refractivity contribution is -0.115. The molecule has 28 heavy (non-hydrogen) atoms. The van der Waals surface area contributed by atoms with E-state index in [1.165, 1.54) is 0 Å². The van der Waals surface area contributed by atoms with Gasteiger partial charge in [0.05, 0.1) is 21.4 Å². The second-order valence-electron chi connectivity index (χ2n) is 6.16. The molecule has 1 aromatic heterocycles. The molecule has 0 atom stereocenters. The summed E-state index contributed by atoms with van der Waals surface area (Å²) in [5.74, 6) is 0.148. The van der Waals surface area contributed by atoms with Crippen LogP contribution in [-0.4, -0.2) is 23.1 Å². The van der Waals surface area contributed by atoms with Gasteiger partial charge in [0.1, 0.15) is 5.70 Å². The first-order valence-electron chi connectivity index (χ1n) is 8.60. The lowest BCUT2D eigenvalue weighted by Crippen LogP contribution is -2.29. The number of allylic oxidation sites excluding steroid dienone is 1. The SMILES string of the molecule is C=C/C=N\c1cc(/C=C2\N=C(Nc3ccc4ncsc4c3)NC2=O)ccc1C. The maximum atomic E-state index is 12.3. The fourth-order valence-electron chi connectivity index (χ4n) is 2.74. The van der Waals surface area contributed by atoms with Crippen LogP contribution in [0.5, 0.6) is 0 Å². The van der Waals surface area contributed by atoms with Gasteiger partial charge in [-0.25, -0.2) is 9.98 Å². The van der Waals surface area contributed by atoms with E-state index in [0.717, 1.165) is 32.7 Å². The molecule has 3 aromatic rings. The maximum Gasteiger partial charge on any atom is 0.276 e. The Bertz CT molecular complexity index is 1170. The number of hydrogen-bond donors (Lipinski definition) is 2. The fourth-order valence-corrected chi connectivity index (χ4v) is 3.46. The third-order valence-electron chi connectivity index (χ3n) is 4.15. The van der Waals surface area contributed by atoms with E-state index in [4.69, 9.17) is 0 Å². The first-order chi connectivity index (χ1) is 13.6. The van der Waals surface area contributed by atoms with Crippen molar-refractivity contribution in [3.05, 3.63) is 71.4 Å². The summed E-state index contributed by atoms with van der Waals surface area (Å²) in [6.07, 6.45) is 5.01. The summed E-state index contributed by atoms with van der Waals surface area (Å²) in [6, 6.07) is 11.6. The number of thiazole rings is 1. The van der Waals surface area contributed by atoms with Crippen molar-refractivity contribution in [1.82, 2.24) is 10.3 Å². The van der Waals surface area contributed by atoms with Gasteiger partial charge in [-0.1, -0.05) is 24.8 Å². The molecule has 2 heterocycles. The largest absolute Gasteiger partial charge is 0.326 e. The van der Waals surface area contributed by atoms with Crippen molar-refractivity contribution in [2.24, 2.45) is 9.98 Å². The molecule has 0 saturated heterocycles. The van der Waals surface area contributed by atoms with Crippen LogP contribution in [-0.2, 0) is 4.79 Å². The molecular weight excluding hydrogens is 370 g/mol. The quantitative estimate of drug-likeness (QED) is 0.513. The second kappa shape index (κ2) is 7.58. The number of benzene rings is 2. The van der Waals surface area contributed by atoms with E-state index in [0.29, 0.717) is 11.7 Å². The zero-order valence-electron chi connectivity index (χ0n) is 15.1. The van der Waals surface area contributed by atoms with Gasteiger partial charge >= 0.3 is 0 Å². The Labute approximate surface area is 166 Å². The predicted octanol–water partition coefficient (Wildman–Crippen LogP) is 4.43. The second-order valence-corrected chi connectivity index (χ2v) is 7.05. The maximum absolute atomic E-state index is 12.3. The smallest absolute Gasteiger partial charge is 0.276 e. The molecule has 2 N–H and O–H groups in total. The van der Waals surface area contributed by atoms with Crippen molar-refractivity contribution in [3.8, 4) is 0 Å². The standard InChI is InChI=1S/C21H17N5OS/c1-3-8-22-17-9-14(5-4-13(17)2)10-18-20(27)26-21(25-18)24-15-6-7-16-19(11-15)28-12-23-16/h3-12H,1H2,2H3,(H2,24,25,26,27)/b18-10-,22-8-. The van der Waals surface area contributed by atoms with E-state index in [2.05, 4.69) is 32.2 Å². The lowest BCUT2D eigenvalue weighted by Gasteiger charge is -2.04. The Morgan fingerprint density at radius 3 is 3.00 bits per heavy atom. The van der Waals surface area contributed by atoms with Crippen LogP contribution in [0.1, 0.15) is 11.1 Å². The summed E-state index contributed by atoms with van der Waals surface area (Å²) in [5, 5.41) is 5.89. The molecule has 2 aromatic carbocycles. The van der Waals surface area contributed by atoms with Crippen molar-refractivity contribution >= 4 is 57.1 Å². The Morgan fingerprint density at radius 2 is 2.14 bits per heavy atom. The minimum atomic E-state index is -0.252. The molecule has 1 aliphatic rings. The van der Waals surface area contributed by atoms with Crippen LogP contribution in [0.25, 0.3) is 16.3 Å². The van der Waals surface area contributed by atoms with Gasteiger partial charge in [-0.2, -0.15) is 0 Å². The molecule has 4 rings (SSSR count). The molecule has 6 nitrogen and oxygen atoms in total. The predicted molar refractivity (Wildman–Crippen MR) is 116 cm³/mol. The van der Waals surface area contributed by atoms with Gasteiger partial charge in [-0.05, 0) is 48.4 Å². The van der Waals surface area contributed by atoms with E-state index in [-0.39, 0.29) is 5.91 Å². The summed E-state index contributed by atoms with van der Waals surface area (Å²) in [7, 11) is 0. The van der Waals surface area contributed by atoms with Crippen LogP contribution < -0.4 is 10.6 Å². The van der Waals surface area contributed by atoms with E-state index in [1.807, 2.05) is 43.3 Å². The number of fused-ring (bicyclic) bond motifs is 1. The number of aliphatic imine (C=N–C) groups is 2. The van der Waals surface area contributed by atoms with Crippen LogP contribution in [0.2, 0.25) is 0 Å². The molecule has 7 heteroatoms. The topological polar surface area (TPSA) is 78.7 Å². The third kappa shape index (κ3) is 3.74. The minimum Gasteiger partial charge on any atom is -0.326 e. The Hall–Kier alpha value is -3.58. The van der Waals surface area contributed by atoms with Crippen LogP contribution in [0.4, 0.5) is 11.4 Å². The van der Waals surface area contributed by atoms with Crippen molar-refractivity contribution in [2.45, 2.75) is 6.92 Å². The van der Waals surface area contributed by atoms with Gasteiger partial charge in [0.2, 0.25) is 5.96 Å². The number of amides is 1. The Balaban J connectivity index is 1.58. The normalized spacial score (nSPS) is 15.2. The monoisotopic (exact) mass is 387 g/mol. The fraction of sp³-hybridized carbons (Fsp3) is 0.0476. The van der Waals surface area contributed by atoms with E-state index >= 15 is 0 Å². The van der Waals surface area contributed by atoms with Crippen LogP contribution >= 0.6 is 11.3 Å². The van der Waals surface area contributed by atoms with E-state index in [1.54, 1.807) is 35.2 Å². The average Bonchev–Trinajstić information content (AvgIpc) is 3.28. The number of guanidine groups is 1. The Morgan fingerprint density at radius 1 is 1.25 bits per heavy atom. The highest BCUT2D eigenvalue weighted by Gasteiger charge is 2.20. The molecule has 0 radical (unpaired) electrons. The highest BCUT2D eigenvalue weighted by atomic mass is 32.1. The molecule has 0 spiro atoms. The van der Waals surface area contributed by atoms with Crippen molar-refractivity contribution in [3.63, 3.8) is 0 Å². The summed E-state index contributed by atoms with van der Waals surface area (Å²) in [4.78, 5) is 25.3. The van der Waals surface area contributed by atoms with Crippen molar-refractivity contribution < 1.29 is 4.79 Å². The molecular formula is C21H17N5OS. The van der Waals surface area contributed by atoms with E-state index in [9.17, 15) is 4.79 Å². The van der Waals surface area contributed by atoms with E-state index < -0.39 is 0 Å². The molecule has 0 fully saturated rings. The number of carbonyl (C=O) groups is 1. The van der Waals surface area contributed by atoms with Gasteiger partial charge in [-0.15, -0.1) is 11.3 Å². The van der Waals surface area contributed by atoms with Crippen molar-refractivity contribution in [2.75, 3.05) is 5.32 Å². The summed E-state index contributed by atoms with van der Waals surface area (Å²) < 4.78 is 1.07.